The quantitative estimate of drug-likeness (QED) is 0.614. The molecule has 0 saturated heterocycles. The molecule has 1 aromatic heterocycles. The Bertz CT molecular complexity index is 620. The second-order valence-electron chi connectivity index (χ2n) is 5.26. The van der Waals surface area contributed by atoms with Crippen molar-refractivity contribution < 1.29 is 14.3 Å². The molecule has 0 aromatic carbocycles. The van der Waals surface area contributed by atoms with E-state index in [4.69, 9.17) is 4.74 Å². The first-order valence-corrected chi connectivity index (χ1v) is 8.05. The van der Waals surface area contributed by atoms with Crippen LogP contribution in [0.4, 0.5) is 0 Å². The molecule has 1 amide bonds. The summed E-state index contributed by atoms with van der Waals surface area (Å²) in [5.74, 6) is -0.972. The van der Waals surface area contributed by atoms with Gasteiger partial charge in [-0.1, -0.05) is 6.07 Å². The molecule has 7 nitrogen and oxygen atoms in total. The summed E-state index contributed by atoms with van der Waals surface area (Å²) < 4.78 is 4.85. The average molecular weight is 336 g/mol. The highest BCUT2D eigenvalue weighted by Gasteiger charge is 2.46. The van der Waals surface area contributed by atoms with Gasteiger partial charge in [0.15, 0.2) is 10.0 Å². The maximum atomic E-state index is 12.5. The molecular weight excluding hydrogens is 316 g/mol. The molecule has 23 heavy (non-hydrogen) atoms. The van der Waals surface area contributed by atoms with E-state index in [1.54, 1.807) is 13.1 Å². The summed E-state index contributed by atoms with van der Waals surface area (Å²) in [6.45, 7) is 3.81. The van der Waals surface area contributed by atoms with Gasteiger partial charge in [0.2, 0.25) is 0 Å². The van der Waals surface area contributed by atoms with Crippen LogP contribution in [0.2, 0.25) is 0 Å². The first-order valence-electron chi connectivity index (χ1n) is 7.23. The van der Waals surface area contributed by atoms with Gasteiger partial charge in [-0.2, -0.15) is 0 Å². The van der Waals surface area contributed by atoms with Crippen LogP contribution in [-0.2, 0) is 19.2 Å². The Morgan fingerprint density at radius 3 is 2.70 bits per heavy atom. The summed E-state index contributed by atoms with van der Waals surface area (Å²) in [6, 6.07) is 5.51. The SMILES string of the molecule is CCOC(=O)CC(=O)N1N=C(N(C)C)SC1(C)c1ccccn1. The molecule has 1 aliphatic heterocycles. The van der Waals surface area contributed by atoms with Crippen LogP contribution in [0.3, 0.4) is 0 Å². The van der Waals surface area contributed by atoms with Crippen LogP contribution in [0.15, 0.2) is 29.5 Å². The van der Waals surface area contributed by atoms with Gasteiger partial charge >= 0.3 is 5.97 Å². The maximum absolute atomic E-state index is 12.5. The van der Waals surface area contributed by atoms with E-state index in [2.05, 4.69) is 10.1 Å². The van der Waals surface area contributed by atoms with Crippen LogP contribution < -0.4 is 0 Å². The molecule has 0 radical (unpaired) electrons. The minimum Gasteiger partial charge on any atom is -0.466 e. The number of rotatable bonds is 4. The Morgan fingerprint density at radius 1 is 1.39 bits per heavy atom. The lowest BCUT2D eigenvalue weighted by Crippen LogP contribution is -2.40. The lowest BCUT2D eigenvalue weighted by atomic mass is 10.2. The molecule has 0 aliphatic carbocycles. The summed E-state index contributed by atoms with van der Waals surface area (Å²) in [5, 5.41) is 6.37. The second-order valence-corrected chi connectivity index (χ2v) is 6.63. The molecule has 0 bridgehead atoms. The number of nitrogens with zero attached hydrogens (tertiary/aromatic N) is 4. The fraction of sp³-hybridized carbons (Fsp3) is 0.467. The number of hydrogen-bond donors (Lipinski definition) is 0. The molecule has 0 saturated carbocycles. The highest BCUT2D eigenvalue weighted by atomic mass is 32.2. The Morgan fingerprint density at radius 2 is 2.13 bits per heavy atom. The van der Waals surface area contributed by atoms with Gasteiger partial charge in [-0.25, -0.2) is 5.01 Å². The smallest absolute Gasteiger partial charge is 0.315 e. The molecular formula is C15H20N4O3S. The number of amidine groups is 1. The summed E-state index contributed by atoms with van der Waals surface area (Å²) in [5.41, 5.74) is 0.697. The van der Waals surface area contributed by atoms with E-state index < -0.39 is 16.7 Å². The number of amides is 1. The zero-order valence-electron chi connectivity index (χ0n) is 13.6. The Balaban J connectivity index is 2.31. The van der Waals surface area contributed by atoms with Gasteiger partial charge in [0, 0.05) is 20.3 Å². The molecule has 0 N–H and O–H groups in total. The van der Waals surface area contributed by atoms with E-state index in [-0.39, 0.29) is 13.0 Å². The molecule has 2 heterocycles. The zero-order valence-corrected chi connectivity index (χ0v) is 14.5. The number of aromatic nitrogens is 1. The number of carbonyl (C=O) groups is 2. The number of hydrogen-bond acceptors (Lipinski definition) is 7. The number of thioether (sulfide) groups is 1. The van der Waals surface area contributed by atoms with E-state index in [1.807, 2.05) is 44.1 Å². The van der Waals surface area contributed by atoms with Gasteiger partial charge in [-0.05, 0) is 37.7 Å². The van der Waals surface area contributed by atoms with Crippen LogP contribution in [-0.4, -0.2) is 52.6 Å². The third kappa shape index (κ3) is 3.64. The van der Waals surface area contributed by atoms with Gasteiger partial charge in [0.25, 0.3) is 5.91 Å². The van der Waals surface area contributed by atoms with E-state index in [0.717, 1.165) is 0 Å². The predicted molar refractivity (Wildman–Crippen MR) is 88.4 cm³/mol. The minimum atomic E-state index is -0.801. The van der Waals surface area contributed by atoms with Crippen molar-refractivity contribution in [3.63, 3.8) is 0 Å². The lowest BCUT2D eigenvalue weighted by molar-refractivity contribution is -0.149. The number of pyridine rings is 1. The highest BCUT2D eigenvalue weighted by molar-refractivity contribution is 8.14. The van der Waals surface area contributed by atoms with Crippen LogP contribution in [0.5, 0.6) is 0 Å². The molecule has 8 heteroatoms. The van der Waals surface area contributed by atoms with Crippen molar-refractivity contribution in [3.05, 3.63) is 30.1 Å². The predicted octanol–water partition coefficient (Wildman–Crippen LogP) is 1.62. The third-order valence-electron chi connectivity index (χ3n) is 3.24. The molecule has 1 aromatic rings. The van der Waals surface area contributed by atoms with Crippen LogP contribution in [0.25, 0.3) is 0 Å². The largest absolute Gasteiger partial charge is 0.466 e. The molecule has 124 valence electrons. The van der Waals surface area contributed by atoms with Crippen molar-refractivity contribution in [2.75, 3.05) is 20.7 Å². The van der Waals surface area contributed by atoms with Crippen molar-refractivity contribution in [2.24, 2.45) is 5.10 Å². The Hall–Kier alpha value is -2.09. The normalized spacial score (nSPS) is 20.2. The lowest BCUT2D eigenvalue weighted by Gasteiger charge is -2.30. The Kier molecular flexibility index (Phi) is 5.25. The maximum Gasteiger partial charge on any atom is 0.315 e. The van der Waals surface area contributed by atoms with Crippen LogP contribution >= 0.6 is 11.8 Å². The van der Waals surface area contributed by atoms with Crippen molar-refractivity contribution in [1.82, 2.24) is 14.9 Å². The second kappa shape index (κ2) is 6.99. The monoisotopic (exact) mass is 336 g/mol. The summed E-state index contributed by atoms with van der Waals surface area (Å²) in [6.07, 6.45) is 1.32. The third-order valence-corrected chi connectivity index (χ3v) is 4.65. The number of esters is 1. The molecule has 0 spiro atoms. The van der Waals surface area contributed by atoms with Gasteiger partial charge in [-0.15, -0.1) is 5.10 Å². The van der Waals surface area contributed by atoms with E-state index >= 15 is 0 Å². The van der Waals surface area contributed by atoms with Gasteiger partial charge < -0.3 is 9.64 Å². The van der Waals surface area contributed by atoms with E-state index in [1.165, 1.54) is 16.8 Å². The summed E-state index contributed by atoms with van der Waals surface area (Å²) in [4.78, 5) is 29.5. The minimum absolute atomic E-state index is 0.241. The fourth-order valence-electron chi connectivity index (χ4n) is 2.11. The van der Waals surface area contributed by atoms with Crippen molar-refractivity contribution in [2.45, 2.75) is 25.1 Å². The average Bonchev–Trinajstić information content (AvgIpc) is 2.88. The van der Waals surface area contributed by atoms with E-state index in [0.29, 0.717) is 10.9 Å². The Labute approximate surface area is 139 Å². The molecule has 1 aliphatic rings. The zero-order chi connectivity index (χ0) is 17.0. The number of hydrazone groups is 1. The number of carbonyl (C=O) groups excluding carboxylic acids is 2. The van der Waals surface area contributed by atoms with E-state index in [9.17, 15) is 9.59 Å². The highest BCUT2D eigenvalue weighted by Crippen LogP contribution is 2.45. The van der Waals surface area contributed by atoms with Gasteiger partial charge in [0.1, 0.15) is 6.42 Å². The first kappa shape index (κ1) is 17.3. The standard InChI is InChI=1S/C15H20N4O3S/c1-5-22-13(21)10-12(20)19-15(2,11-8-6-7-9-16-11)23-14(17-19)18(3)4/h6-9H,5,10H2,1-4H3. The van der Waals surface area contributed by atoms with Gasteiger partial charge in [-0.3, -0.25) is 14.6 Å². The topological polar surface area (TPSA) is 75.1 Å². The molecule has 2 rings (SSSR count). The van der Waals surface area contributed by atoms with Crippen molar-refractivity contribution >= 4 is 28.8 Å². The summed E-state index contributed by atoms with van der Waals surface area (Å²) >= 11 is 1.42. The molecule has 0 fully saturated rings. The first-order chi connectivity index (χ1) is 10.9. The van der Waals surface area contributed by atoms with Gasteiger partial charge in [0.05, 0.1) is 12.3 Å². The van der Waals surface area contributed by atoms with Crippen molar-refractivity contribution in [3.8, 4) is 0 Å². The van der Waals surface area contributed by atoms with Crippen molar-refractivity contribution in [1.29, 1.82) is 0 Å². The molecule has 1 atom stereocenters. The number of ether oxygens (including phenoxy) is 1. The summed E-state index contributed by atoms with van der Waals surface area (Å²) in [7, 11) is 3.70. The molecule has 1 unspecified atom stereocenters. The fourth-order valence-corrected chi connectivity index (χ4v) is 3.22. The van der Waals surface area contributed by atoms with Crippen LogP contribution in [0.1, 0.15) is 26.0 Å². The van der Waals surface area contributed by atoms with Crippen LogP contribution in [0, 0.1) is 0 Å².